The molecule has 0 spiro atoms. The van der Waals surface area contributed by atoms with Crippen LogP contribution in [-0.4, -0.2) is 40.8 Å². The molecule has 0 bridgehead atoms. The van der Waals surface area contributed by atoms with E-state index in [2.05, 4.69) is 0 Å². The molecule has 0 radical (unpaired) electrons. The summed E-state index contributed by atoms with van der Waals surface area (Å²) >= 11 is 0. The molecular formula is C6H14N2O3. The first-order valence-electron chi connectivity index (χ1n) is 3.31. The fraction of sp³-hybridized carbons (Fsp3) is 0.833. The van der Waals surface area contributed by atoms with E-state index in [0.29, 0.717) is 0 Å². The van der Waals surface area contributed by atoms with E-state index >= 15 is 0 Å². The average Bonchev–Trinajstić information content (AvgIpc) is 2.01. The van der Waals surface area contributed by atoms with E-state index in [1.165, 1.54) is 6.92 Å². The minimum atomic E-state index is -1.87. The highest BCUT2D eigenvalue weighted by molar-refractivity contribution is 5.91. The van der Waals surface area contributed by atoms with Crippen molar-refractivity contribution in [1.82, 2.24) is 0 Å². The SMILES string of the molecule is C[C@H](N)C(=O)C(O)(CN)CO. The van der Waals surface area contributed by atoms with Gasteiger partial charge >= 0.3 is 0 Å². The van der Waals surface area contributed by atoms with Gasteiger partial charge in [-0.05, 0) is 6.92 Å². The molecule has 0 aliphatic rings. The summed E-state index contributed by atoms with van der Waals surface area (Å²) < 4.78 is 0. The smallest absolute Gasteiger partial charge is 0.184 e. The van der Waals surface area contributed by atoms with E-state index in [0.717, 1.165) is 0 Å². The van der Waals surface area contributed by atoms with Gasteiger partial charge in [0.05, 0.1) is 12.6 Å². The van der Waals surface area contributed by atoms with Crippen molar-refractivity contribution in [2.45, 2.75) is 18.6 Å². The quantitative estimate of drug-likeness (QED) is 0.368. The van der Waals surface area contributed by atoms with Gasteiger partial charge in [-0.25, -0.2) is 0 Å². The number of ketones is 1. The van der Waals surface area contributed by atoms with Crippen LogP contribution in [0.1, 0.15) is 6.92 Å². The molecule has 0 rings (SSSR count). The second kappa shape index (κ2) is 3.77. The second-order valence-electron chi connectivity index (χ2n) is 2.55. The molecule has 2 atom stereocenters. The summed E-state index contributed by atoms with van der Waals surface area (Å²) in [6.45, 7) is 0.423. The van der Waals surface area contributed by atoms with E-state index in [4.69, 9.17) is 16.6 Å². The van der Waals surface area contributed by atoms with Crippen LogP contribution >= 0.6 is 0 Å². The fourth-order valence-corrected chi connectivity index (χ4v) is 0.667. The summed E-state index contributed by atoms with van der Waals surface area (Å²) in [7, 11) is 0. The highest BCUT2D eigenvalue weighted by atomic mass is 16.3. The van der Waals surface area contributed by atoms with Gasteiger partial charge in [-0.1, -0.05) is 0 Å². The maximum atomic E-state index is 11.0. The molecule has 6 N–H and O–H groups in total. The van der Waals surface area contributed by atoms with Gasteiger partial charge in [0.1, 0.15) is 0 Å². The van der Waals surface area contributed by atoms with Gasteiger partial charge < -0.3 is 21.7 Å². The van der Waals surface area contributed by atoms with Crippen LogP contribution in [0, 0.1) is 0 Å². The Bertz CT molecular complexity index is 143. The van der Waals surface area contributed by atoms with Gasteiger partial charge in [0.15, 0.2) is 11.4 Å². The lowest BCUT2D eigenvalue weighted by Crippen LogP contribution is -2.54. The molecule has 0 amide bonds. The van der Waals surface area contributed by atoms with Crippen molar-refractivity contribution in [3.63, 3.8) is 0 Å². The van der Waals surface area contributed by atoms with Crippen molar-refractivity contribution in [3.8, 4) is 0 Å². The van der Waals surface area contributed by atoms with Gasteiger partial charge in [-0.2, -0.15) is 0 Å². The van der Waals surface area contributed by atoms with Crippen LogP contribution < -0.4 is 11.5 Å². The Morgan fingerprint density at radius 3 is 2.27 bits per heavy atom. The van der Waals surface area contributed by atoms with Crippen LogP contribution in [-0.2, 0) is 4.79 Å². The molecule has 0 aliphatic heterocycles. The number of hydrogen-bond donors (Lipinski definition) is 4. The number of aliphatic hydroxyl groups is 2. The molecule has 0 aromatic rings. The highest BCUT2D eigenvalue weighted by Crippen LogP contribution is 2.04. The molecule has 5 heteroatoms. The van der Waals surface area contributed by atoms with Crippen molar-refractivity contribution in [2.24, 2.45) is 11.5 Å². The number of nitrogens with two attached hydrogens (primary N) is 2. The fourth-order valence-electron chi connectivity index (χ4n) is 0.667. The van der Waals surface area contributed by atoms with Crippen LogP contribution in [0.3, 0.4) is 0 Å². The minimum Gasteiger partial charge on any atom is -0.393 e. The van der Waals surface area contributed by atoms with Crippen molar-refractivity contribution in [2.75, 3.05) is 13.2 Å². The molecule has 1 unspecified atom stereocenters. The monoisotopic (exact) mass is 162 g/mol. The largest absolute Gasteiger partial charge is 0.393 e. The number of Topliss-reactive ketones (excluding diaryl/α,β-unsaturated/α-hetero) is 1. The third-order valence-corrected chi connectivity index (χ3v) is 1.47. The zero-order valence-electron chi connectivity index (χ0n) is 6.45. The summed E-state index contributed by atoms with van der Waals surface area (Å²) in [6.07, 6.45) is 0. The van der Waals surface area contributed by atoms with Crippen LogP contribution in [0.2, 0.25) is 0 Å². The number of hydrogen-bond acceptors (Lipinski definition) is 5. The molecule has 0 aliphatic carbocycles. The minimum absolute atomic E-state index is 0.316. The first-order valence-corrected chi connectivity index (χ1v) is 3.31. The molecule has 0 heterocycles. The topological polar surface area (TPSA) is 110 Å². The van der Waals surface area contributed by atoms with Crippen molar-refractivity contribution in [1.29, 1.82) is 0 Å². The van der Waals surface area contributed by atoms with Gasteiger partial charge in [0.2, 0.25) is 0 Å². The van der Waals surface area contributed by atoms with E-state index in [1.807, 2.05) is 0 Å². The first kappa shape index (κ1) is 10.5. The lowest BCUT2D eigenvalue weighted by Gasteiger charge is -2.23. The molecule has 66 valence electrons. The van der Waals surface area contributed by atoms with E-state index in [1.54, 1.807) is 0 Å². The van der Waals surface area contributed by atoms with Gasteiger partial charge in [0.25, 0.3) is 0 Å². The second-order valence-corrected chi connectivity index (χ2v) is 2.55. The third-order valence-electron chi connectivity index (χ3n) is 1.47. The van der Waals surface area contributed by atoms with Crippen molar-refractivity contribution >= 4 is 5.78 Å². The Hall–Kier alpha value is -0.490. The van der Waals surface area contributed by atoms with Crippen molar-refractivity contribution < 1.29 is 15.0 Å². The Morgan fingerprint density at radius 1 is 1.73 bits per heavy atom. The molecule has 0 saturated carbocycles. The number of rotatable bonds is 4. The zero-order chi connectivity index (χ0) is 9.07. The Labute approximate surface area is 65.0 Å². The lowest BCUT2D eigenvalue weighted by atomic mass is 9.95. The summed E-state index contributed by atoms with van der Waals surface area (Å²) in [5.41, 5.74) is 8.40. The molecular weight excluding hydrogens is 148 g/mol. The molecule has 0 saturated heterocycles. The number of carbonyl (C=O) groups is 1. The van der Waals surface area contributed by atoms with Crippen molar-refractivity contribution in [3.05, 3.63) is 0 Å². The van der Waals surface area contributed by atoms with E-state index in [9.17, 15) is 9.90 Å². The first-order chi connectivity index (χ1) is 4.98. The number of aliphatic hydroxyl groups excluding tert-OH is 1. The summed E-state index contributed by atoms with van der Waals surface area (Å²) in [4.78, 5) is 11.0. The van der Waals surface area contributed by atoms with Gasteiger partial charge in [-0.15, -0.1) is 0 Å². The Kier molecular flexibility index (Phi) is 3.61. The molecule has 0 aromatic heterocycles. The normalized spacial score (nSPS) is 19.0. The maximum Gasteiger partial charge on any atom is 0.184 e. The highest BCUT2D eigenvalue weighted by Gasteiger charge is 2.35. The predicted molar refractivity (Wildman–Crippen MR) is 39.7 cm³/mol. The van der Waals surface area contributed by atoms with Crippen LogP contribution in [0.25, 0.3) is 0 Å². The summed E-state index contributed by atoms with van der Waals surface area (Å²) in [5.74, 6) is -0.637. The van der Waals surface area contributed by atoms with E-state index < -0.39 is 24.0 Å². The summed E-state index contributed by atoms with van der Waals surface area (Å²) in [5, 5.41) is 17.9. The van der Waals surface area contributed by atoms with Crippen LogP contribution in [0.5, 0.6) is 0 Å². The Balaban J connectivity index is 4.37. The zero-order valence-corrected chi connectivity index (χ0v) is 6.45. The molecule has 5 nitrogen and oxygen atoms in total. The number of carbonyl (C=O) groups excluding carboxylic acids is 1. The van der Waals surface area contributed by atoms with E-state index in [-0.39, 0.29) is 6.54 Å². The molecule has 0 aromatic carbocycles. The lowest BCUT2D eigenvalue weighted by molar-refractivity contribution is -0.141. The van der Waals surface area contributed by atoms with Gasteiger partial charge in [-0.3, -0.25) is 4.79 Å². The maximum absolute atomic E-state index is 11.0. The summed E-state index contributed by atoms with van der Waals surface area (Å²) in [6, 6.07) is -0.810. The molecule has 0 fully saturated rings. The average molecular weight is 162 g/mol. The predicted octanol–water partition coefficient (Wildman–Crippen LogP) is -2.42. The molecule has 11 heavy (non-hydrogen) atoms. The third kappa shape index (κ3) is 2.23. The van der Waals surface area contributed by atoms with Crippen LogP contribution in [0.4, 0.5) is 0 Å². The van der Waals surface area contributed by atoms with Gasteiger partial charge in [0, 0.05) is 6.54 Å². The Morgan fingerprint density at radius 2 is 2.18 bits per heavy atom. The van der Waals surface area contributed by atoms with Crippen LogP contribution in [0.15, 0.2) is 0 Å². The standard InChI is InChI=1S/C6H14N2O3/c1-4(8)5(10)6(11,2-7)3-9/h4,9,11H,2-3,7-8H2,1H3/t4-,6?/m0/s1.